The van der Waals surface area contributed by atoms with E-state index in [1.165, 1.54) is 212 Å². The van der Waals surface area contributed by atoms with Crippen LogP contribution in [0.5, 0.6) is 0 Å². The van der Waals surface area contributed by atoms with E-state index < -0.39 is 8.07 Å². The van der Waals surface area contributed by atoms with E-state index in [4.69, 9.17) is 0 Å². The van der Waals surface area contributed by atoms with Crippen molar-refractivity contribution >= 4 is 23.6 Å². The van der Waals surface area contributed by atoms with E-state index in [1.807, 2.05) is 5.20 Å². The molecule has 0 saturated heterocycles. The number of hydrogen-bond acceptors (Lipinski definition) is 0. The van der Waals surface area contributed by atoms with Crippen LogP contribution in [0.3, 0.4) is 0 Å². The first-order valence-corrected chi connectivity index (χ1v) is 31.2. The van der Waals surface area contributed by atoms with Crippen molar-refractivity contribution in [1.29, 1.82) is 0 Å². The fraction of sp³-hybridized carbons (Fsp3) is 0.651. The van der Waals surface area contributed by atoms with Gasteiger partial charge in [-0.3, -0.25) is 0 Å². The van der Waals surface area contributed by atoms with Crippen molar-refractivity contribution in [2.75, 3.05) is 0 Å². The average Bonchev–Trinajstić information content (AvgIpc) is 3.68. The fourth-order valence-electron chi connectivity index (χ4n) is 11.0. The molecule has 0 amide bonds. The van der Waals surface area contributed by atoms with Crippen LogP contribution in [0, 0.1) is 0 Å². The van der Waals surface area contributed by atoms with Gasteiger partial charge in [-0.25, -0.2) is 0 Å². The molecule has 0 fully saturated rings. The SMILES string of the molecule is CCCCCCc1cc(CCCCCC)cc([Si](C2=C(CCCC)[C]([Ti+3])=CC2)(c2cc(CCCCCC)cc(CCCCCC)c2)c2cc(CCCCCC)cc(CCCCCC)c2)c1.[Cl-].[Cl-].[Cl-]. The molecule has 0 heterocycles. The molecule has 0 N–H and O–H groups in total. The molecule has 4 rings (SSSR count). The number of aryl methyl sites for hydroxylation is 6. The molecule has 3 aromatic carbocycles. The molecule has 3 aromatic rings. The summed E-state index contributed by atoms with van der Waals surface area (Å²) in [6.45, 7) is 16.6. The van der Waals surface area contributed by atoms with Crippen LogP contribution in [0.4, 0.5) is 0 Å². The third-order valence-electron chi connectivity index (χ3n) is 14.8. The summed E-state index contributed by atoms with van der Waals surface area (Å²) in [5.41, 5.74) is 11.4. The van der Waals surface area contributed by atoms with Gasteiger partial charge in [0.1, 0.15) is 0 Å². The van der Waals surface area contributed by atoms with Crippen LogP contribution < -0.4 is 52.8 Å². The van der Waals surface area contributed by atoms with Gasteiger partial charge in [0.2, 0.25) is 0 Å². The van der Waals surface area contributed by atoms with Gasteiger partial charge in [0, 0.05) is 0 Å². The standard InChI is InChI=1S/C63H99Si.3ClH.Ti/c1-8-15-22-28-35-53-44-54(36-29-23-16-9-2)48-60(47-53)64(63-43-34-42-59(63)41-21-14-7,61-49-55(37-30-24-17-10-3)45-56(50-61)38-31-25-18-11-4)62-51-57(39-32-26-19-12-5)46-58(52-62)40-33-27-20-13-6;;;;/h34,44-52H,8-33,35-41,43H2,1-7H3;3*1H;/q;;;;+3/p-3. The van der Waals surface area contributed by atoms with Crippen molar-refractivity contribution in [2.45, 2.75) is 267 Å². The maximum absolute atomic E-state index is 2.83. The van der Waals surface area contributed by atoms with Crippen molar-refractivity contribution in [2.24, 2.45) is 0 Å². The topological polar surface area (TPSA) is 0 Å². The number of hydrogen-bond donors (Lipinski definition) is 0. The Bertz CT molecular complexity index is 1580. The van der Waals surface area contributed by atoms with Crippen LogP contribution in [0.15, 0.2) is 75.3 Å². The minimum Gasteiger partial charge on any atom is -1.00 e. The first-order valence-electron chi connectivity index (χ1n) is 28.4. The van der Waals surface area contributed by atoms with Gasteiger partial charge in [0.25, 0.3) is 0 Å². The van der Waals surface area contributed by atoms with Gasteiger partial charge in [-0.1, -0.05) is 41.5 Å². The number of rotatable bonds is 37. The van der Waals surface area contributed by atoms with Crippen LogP contribution >= 0.6 is 0 Å². The quantitative estimate of drug-likeness (QED) is 0.0308. The first kappa shape index (κ1) is 65.0. The zero-order chi connectivity index (χ0) is 46.5. The van der Waals surface area contributed by atoms with Crippen LogP contribution in [0.25, 0.3) is 0 Å². The zero-order valence-corrected chi connectivity index (χ0v) is 49.8. The van der Waals surface area contributed by atoms with Crippen molar-refractivity contribution in [3.63, 3.8) is 0 Å². The van der Waals surface area contributed by atoms with Gasteiger partial charge in [0.05, 0.1) is 0 Å². The van der Waals surface area contributed by atoms with Crippen molar-refractivity contribution in [3.8, 4) is 0 Å². The predicted octanol–water partition coefficient (Wildman–Crippen LogP) is 8.77. The Kier molecular flexibility index (Phi) is 36.8. The molecule has 0 aromatic heterocycles. The predicted molar refractivity (Wildman–Crippen MR) is 290 cm³/mol. The van der Waals surface area contributed by atoms with Gasteiger partial charge in [-0.2, -0.15) is 0 Å². The van der Waals surface area contributed by atoms with E-state index in [0.29, 0.717) is 0 Å². The Morgan fingerprint density at radius 2 is 0.574 bits per heavy atom. The molecule has 5 heteroatoms. The van der Waals surface area contributed by atoms with Crippen LogP contribution in [0.2, 0.25) is 0 Å². The molecule has 68 heavy (non-hydrogen) atoms. The number of halogens is 3. The molecule has 1 aliphatic carbocycles. The Morgan fingerprint density at radius 3 is 0.809 bits per heavy atom. The second-order valence-electron chi connectivity index (χ2n) is 20.6. The first-order chi connectivity index (χ1) is 31.9. The van der Waals surface area contributed by atoms with Gasteiger partial charge in [-0.15, -0.1) is 0 Å². The van der Waals surface area contributed by atoms with E-state index in [0.717, 1.165) is 6.42 Å². The summed E-state index contributed by atoms with van der Waals surface area (Å²) < 4.78 is 1.58. The minimum absolute atomic E-state index is 0. The van der Waals surface area contributed by atoms with Crippen molar-refractivity contribution in [1.82, 2.24) is 0 Å². The molecule has 0 nitrogen and oxygen atoms in total. The van der Waals surface area contributed by atoms with E-state index in [1.54, 1.807) is 58.4 Å². The summed E-state index contributed by atoms with van der Waals surface area (Å²) in [6.07, 6.45) is 46.5. The van der Waals surface area contributed by atoms with Gasteiger partial charge in [-0.05, 0) is 0 Å². The molecule has 0 unspecified atom stereocenters. The largest absolute Gasteiger partial charge is 1.00 e. The summed E-state index contributed by atoms with van der Waals surface area (Å²) >= 11 is 2.48. The summed E-state index contributed by atoms with van der Waals surface area (Å²) in [5, 5.41) is 6.97. The summed E-state index contributed by atoms with van der Waals surface area (Å²) in [5.74, 6) is 0. The second kappa shape index (κ2) is 38.5. The van der Waals surface area contributed by atoms with Gasteiger partial charge in [0.15, 0.2) is 0 Å². The third-order valence-corrected chi connectivity index (χ3v) is 20.5. The monoisotopic (exact) mass is 1040 g/mol. The van der Waals surface area contributed by atoms with Crippen molar-refractivity contribution in [3.05, 3.63) is 109 Å². The van der Waals surface area contributed by atoms with Gasteiger partial charge < -0.3 is 37.2 Å². The maximum atomic E-state index is 2.83. The third kappa shape index (κ3) is 21.2. The normalized spacial score (nSPS) is 12.5. The second-order valence-corrected chi connectivity index (χ2v) is 25.3. The van der Waals surface area contributed by atoms with E-state index in [-0.39, 0.29) is 37.2 Å². The molecule has 0 atom stereocenters. The van der Waals surface area contributed by atoms with E-state index in [2.05, 4.69) is 130 Å². The molecular weight excluding hydrogens is 939 g/mol. The van der Waals surface area contributed by atoms with Crippen molar-refractivity contribution < 1.29 is 57.7 Å². The fourth-order valence-corrected chi connectivity index (χ4v) is 17.4. The summed E-state index contributed by atoms with van der Waals surface area (Å²) in [4.78, 5) is 0. The molecule has 0 saturated carbocycles. The molecular formula is C63H99Cl3SiTi. The molecule has 0 aliphatic heterocycles. The van der Waals surface area contributed by atoms with E-state index in [9.17, 15) is 0 Å². The average molecular weight is 1040 g/mol. The Morgan fingerprint density at radius 1 is 0.324 bits per heavy atom. The number of unbranched alkanes of at least 4 members (excludes halogenated alkanes) is 19. The maximum Gasteiger partial charge on any atom is -1.00 e. The number of allylic oxidation sites excluding steroid dienone is 4. The summed E-state index contributed by atoms with van der Waals surface area (Å²) in [6, 6.07) is 25.0. The number of benzene rings is 3. The van der Waals surface area contributed by atoms with Gasteiger partial charge >= 0.3 is 378 Å². The molecule has 380 valence electrons. The van der Waals surface area contributed by atoms with Crippen LogP contribution in [-0.4, -0.2) is 8.07 Å². The molecule has 0 bridgehead atoms. The molecule has 0 radical (unpaired) electrons. The van der Waals surface area contributed by atoms with E-state index >= 15 is 0 Å². The van der Waals surface area contributed by atoms with Crippen LogP contribution in [0.1, 0.15) is 262 Å². The Hall–Kier alpha value is -1.06. The van der Waals surface area contributed by atoms with Crippen LogP contribution in [-0.2, 0) is 59.0 Å². The summed E-state index contributed by atoms with van der Waals surface area (Å²) in [7, 11) is -2.83. The smallest absolute Gasteiger partial charge is 1.00 e. The minimum atomic E-state index is -2.83. The molecule has 0 spiro atoms. The molecule has 1 aliphatic rings. The Balaban J connectivity index is 0.00000771. The zero-order valence-electron chi connectivity index (χ0n) is 44.9. The Labute approximate surface area is 453 Å².